The summed E-state index contributed by atoms with van der Waals surface area (Å²) in [5, 5.41) is 13.0. The van der Waals surface area contributed by atoms with Crippen molar-refractivity contribution in [1.29, 1.82) is 0 Å². The van der Waals surface area contributed by atoms with Crippen LogP contribution in [0.3, 0.4) is 0 Å². The Morgan fingerprint density at radius 1 is 1.32 bits per heavy atom. The Kier molecular flexibility index (Phi) is 4.79. The molecule has 0 spiro atoms. The molecule has 1 saturated heterocycles. The molecule has 1 amide bonds. The van der Waals surface area contributed by atoms with Gasteiger partial charge in [-0.3, -0.25) is 9.69 Å². The summed E-state index contributed by atoms with van der Waals surface area (Å²) in [6, 6.07) is 11.1. The second-order valence-corrected chi connectivity index (χ2v) is 6.81. The van der Waals surface area contributed by atoms with E-state index >= 15 is 0 Å². The van der Waals surface area contributed by atoms with Crippen LogP contribution in [0, 0.1) is 5.92 Å². The molecule has 4 heteroatoms. The van der Waals surface area contributed by atoms with E-state index in [4.69, 9.17) is 0 Å². The van der Waals surface area contributed by atoms with Crippen molar-refractivity contribution in [2.75, 3.05) is 6.54 Å². The number of nitrogens with zero attached hydrogens (tertiary/aromatic N) is 1. The second kappa shape index (κ2) is 6.80. The number of aliphatic hydroxyl groups is 1. The standard InChI is InChI=1S/C18H26N2O2/c1-13-10-15(19-18(22)16-8-5-9-17(16)21)12-20(13)11-14-6-3-2-4-7-14/h2-4,6-7,13,15-17,21H,5,8-12H2,1H3,(H,19,22). The van der Waals surface area contributed by atoms with Crippen LogP contribution < -0.4 is 5.32 Å². The van der Waals surface area contributed by atoms with Crippen molar-refractivity contribution >= 4 is 5.91 Å². The Bertz CT molecular complexity index is 505. The fraction of sp³-hybridized carbons (Fsp3) is 0.611. The maximum atomic E-state index is 12.3. The van der Waals surface area contributed by atoms with E-state index in [0.717, 1.165) is 38.8 Å². The summed E-state index contributed by atoms with van der Waals surface area (Å²) in [6.45, 7) is 4.05. The van der Waals surface area contributed by atoms with Crippen molar-refractivity contribution in [2.24, 2.45) is 5.92 Å². The predicted molar refractivity (Wildman–Crippen MR) is 86.2 cm³/mol. The molecule has 1 aromatic rings. The molecule has 22 heavy (non-hydrogen) atoms. The van der Waals surface area contributed by atoms with E-state index in [1.165, 1.54) is 5.56 Å². The highest BCUT2D eigenvalue weighted by Gasteiger charge is 2.35. The molecule has 2 fully saturated rings. The Hall–Kier alpha value is -1.39. The van der Waals surface area contributed by atoms with Gasteiger partial charge in [-0.2, -0.15) is 0 Å². The van der Waals surface area contributed by atoms with E-state index in [9.17, 15) is 9.90 Å². The SMILES string of the molecule is CC1CC(NC(=O)C2CCCC2O)CN1Cc1ccccc1. The maximum absolute atomic E-state index is 12.3. The number of benzene rings is 1. The van der Waals surface area contributed by atoms with Crippen LogP contribution in [0.1, 0.15) is 38.2 Å². The average molecular weight is 302 g/mol. The number of rotatable bonds is 4. The molecule has 120 valence electrons. The molecule has 1 aliphatic carbocycles. The van der Waals surface area contributed by atoms with Crippen molar-refractivity contribution < 1.29 is 9.90 Å². The van der Waals surface area contributed by atoms with Crippen molar-refractivity contribution in [3.05, 3.63) is 35.9 Å². The molecule has 2 aliphatic rings. The topological polar surface area (TPSA) is 52.6 Å². The molecule has 4 atom stereocenters. The third kappa shape index (κ3) is 3.50. The Labute approximate surface area is 132 Å². The summed E-state index contributed by atoms with van der Waals surface area (Å²) in [6.07, 6.45) is 3.09. The molecule has 4 unspecified atom stereocenters. The van der Waals surface area contributed by atoms with Gasteiger partial charge >= 0.3 is 0 Å². The van der Waals surface area contributed by atoms with Gasteiger partial charge in [0.25, 0.3) is 0 Å². The molecule has 1 aromatic carbocycles. The van der Waals surface area contributed by atoms with Crippen LogP contribution in [0.4, 0.5) is 0 Å². The molecule has 1 saturated carbocycles. The summed E-state index contributed by atoms with van der Waals surface area (Å²) >= 11 is 0. The van der Waals surface area contributed by atoms with Gasteiger partial charge < -0.3 is 10.4 Å². The minimum atomic E-state index is -0.445. The van der Waals surface area contributed by atoms with Crippen LogP contribution in [0.5, 0.6) is 0 Å². The lowest BCUT2D eigenvalue weighted by Gasteiger charge is -2.21. The van der Waals surface area contributed by atoms with E-state index in [0.29, 0.717) is 6.04 Å². The third-order valence-corrected chi connectivity index (χ3v) is 5.09. The number of hydrogen-bond acceptors (Lipinski definition) is 3. The number of nitrogens with one attached hydrogen (secondary N) is 1. The fourth-order valence-electron chi connectivity index (χ4n) is 3.80. The van der Waals surface area contributed by atoms with Crippen LogP contribution in [0.2, 0.25) is 0 Å². The van der Waals surface area contributed by atoms with E-state index in [1.807, 2.05) is 6.07 Å². The highest BCUT2D eigenvalue weighted by Crippen LogP contribution is 2.27. The predicted octanol–water partition coefficient (Wildman–Crippen LogP) is 1.93. The number of hydrogen-bond donors (Lipinski definition) is 2. The van der Waals surface area contributed by atoms with Gasteiger partial charge in [-0.1, -0.05) is 30.3 Å². The average Bonchev–Trinajstić information content (AvgIpc) is 3.07. The molecule has 4 nitrogen and oxygen atoms in total. The largest absolute Gasteiger partial charge is 0.392 e. The number of amides is 1. The van der Waals surface area contributed by atoms with Crippen LogP contribution in [-0.4, -0.2) is 40.6 Å². The number of carbonyl (C=O) groups excluding carboxylic acids is 1. The lowest BCUT2D eigenvalue weighted by Crippen LogP contribution is -2.42. The van der Waals surface area contributed by atoms with E-state index in [-0.39, 0.29) is 17.9 Å². The second-order valence-electron chi connectivity index (χ2n) is 6.81. The smallest absolute Gasteiger partial charge is 0.225 e. The monoisotopic (exact) mass is 302 g/mol. The molecular formula is C18H26N2O2. The lowest BCUT2D eigenvalue weighted by molar-refractivity contribution is -0.128. The van der Waals surface area contributed by atoms with Crippen molar-refractivity contribution in [2.45, 2.75) is 57.3 Å². The first-order valence-corrected chi connectivity index (χ1v) is 8.40. The quantitative estimate of drug-likeness (QED) is 0.893. The van der Waals surface area contributed by atoms with Crippen LogP contribution in [0.25, 0.3) is 0 Å². The molecule has 0 radical (unpaired) electrons. The molecule has 0 bridgehead atoms. The van der Waals surface area contributed by atoms with Gasteiger partial charge in [-0.25, -0.2) is 0 Å². The highest BCUT2D eigenvalue weighted by molar-refractivity contribution is 5.79. The molecular weight excluding hydrogens is 276 g/mol. The fourth-order valence-corrected chi connectivity index (χ4v) is 3.80. The van der Waals surface area contributed by atoms with Crippen molar-refractivity contribution in [3.8, 4) is 0 Å². The summed E-state index contributed by atoms with van der Waals surface area (Å²) in [7, 11) is 0. The number of carbonyl (C=O) groups is 1. The maximum Gasteiger partial charge on any atom is 0.225 e. The van der Waals surface area contributed by atoms with Gasteiger partial charge in [0.15, 0.2) is 0 Å². The number of aliphatic hydroxyl groups excluding tert-OH is 1. The minimum Gasteiger partial charge on any atom is -0.392 e. The van der Waals surface area contributed by atoms with Gasteiger partial charge in [0.05, 0.1) is 12.0 Å². The van der Waals surface area contributed by atoms with E-state index in [1.54, 1.807) is 0 Å². The van der Waals surface area contributed by atoms with Crippen LogP contribution >= 0.6 is 0 Å². The molecule has 1 aliphatic heterocycles. The summed E-state index contributed by atoms with van der Waals surface area (Å²) in [5.41, 5.74) is 1.31. The Morgan fingerprint density at radius 2 is 2.09 bits per heavy atom. The molecule has 3 rings (SSSR count). The first-order chi connectivity index (χ1) is 10.6. The lowest BCUT2D eigenvalue weighted by atomic mass is 10.0. The summed E-state index contributed by atoms with van der Waals surface area (Å²) in [5.74, 6) is -0.151. The van der Waals surface area contributed by atoms with E-state index in [2.05, 4.69) is 41.4 Å². The summed E-state index contributed by atoms with van der Waals surface area (Å²) < 4.78 is 0. The van der Waals surface area contributed by atoms with Gasteiger partial charge in [-0.05, 0) is 38.2 Å². The molecule has 1 heterocycles. The van der Waals surface area contributed by atoms with Gasteiger partial charge in [0, 0.05) is 25.2 Å². The van der Waals surface area contributed by atoms with Crippen molar-refractivity contribution in [1.82, 2.24) is 10.2 Å². The van der Waals surface area contributed by atoms with Crippen LogP contribution in [-0.2, 0) is 11.3 Å². The third-order valence-electron chi connectivity index (χ3n) is 5.09. The van der Waals surface area contributed by atoms with Gasteiger partial charge in [-0.15, -0.1) is 0 Å². The zero-order valence-corrected chi connectivity index (χ0v) is 13.2. The van der Waals surface area contributed by atoms with Gasteiger partial charge in [0.2, 0.25) is 5.91 Å². The highest BCUT2D eigenvalue weighted by atomic mass is 16.3. The van der Waals surface area contributed by atoms with Crippen molar-refractivity contribution in [3.63, 3.8) is 0 Å². The first kappa shape index (κ1) is 15.5. The van der Waals surface area contributed by atoms with Crippen LogP contribution in [0.15, 0.2) is 30.3 Å². The molecule has 2 N–H and O–H groups in total. The van der Waals surface area contributed by atoms with Gasteiger partial charge in [0.1, 0.15) is 0 Å². The summed E-state index contributed by atoms with van der Waals surface area (Å²) in [4.78, 5) is 14.7. The molecule has 0 aromatic heterocycles. The zero-order chi connectivity index (χ0) is 15.5. The normalized spacial score (nSPS) is 32.3. The minimum absolute atomic E-state index is 0.0451. The number of likely N-dealkylation sites (tertiary alicyclic amines) is 1. The zero-order valence-electron chi connectivity index (χ0n) is 13.2. The van der Waals surface area contributed by atoms with E-state index < -0.39 is 6.10 Å². The Morgan fingerprint density at radius 3 is 2.77 bits per heavy atom. The first-order valence-electron chi connectivity index (χ1n) is 8.40. The Balaban J connectivity index is 1.53.